The SMILES string of the molecule is C[C@H]1COCCN1c1cc(C(C)(C)S(C)(=O)=O)nc(-c2ccc(NC(=O)NCCCO)cc2)n1. The second-order valence-corrected chi connectivity index (χ2v) is 11.4. The van der Waals surface area contributed by atoms with E-state index in [-0.39, 0.29) is 18.7 Å². The van der Waals surface area contributed by atoms with Gasteiger partial charge in [0, 0.05) is 43.3 Å². The Hall–Kier alpha value is -2.76. The van der Waals surface area contributed by atoms with Crippen molar-refractivity contribution in [1.29, 1.82) is 0 Å². The summed E-state index contributed by atoms with van der Waals surface area (Å²) in [7, 11) is -3.45. The molecular formula is C23H33N5O5S. The fraction of sp³-hybridized carbons (Fsp3) is 0.522. The summed E-state index contributed by atoms with van der Waals surface area (Å²) in [6, 6.07) is 8.49. The molecule has 0 aliphatic carbocycles. The van der Waals surface area contributed by atoms with Gasteiger partial charge in [-0.15, -0.1) is 0 Å². The van der Waals surface area contributed by atoms with Crippen LogP contribution in [-0.2, 0) is 19.3 Å². The van der Waals surface area contributed by atoms with Crippen LogP contribution < -0.4 is 15.5 Å². The molecule has 10 nitrogen and oxygen atoms in total. The second-order valence-electron chi connectivity index (χ2n) is 8.87. The molecular weight excluding hydrogens is 458 g/mol. The van der Waals surface area contributed by atoms with Crippen molar-refractivity contribution in [2.24, 2.45) is 0 Å². The molecule has 0 spiro atoms. The molecule has 1 fully saturated rings. The first kappa shape index (κ1) is 25.9. The van der Waals surface area contributed by atoms with Crippen LogP contribution in [0, 0.1) is 0 Å². The van der Waals surface area contributed by atoms with Gasteiger partial charge in [-0.05, 0) is 51.5 Å². The van der Waals surface area contributed by atoms with Crippen LogP contribution >= 0.6 is 0 Å². The van der Waals surface area contributed by atoms with E-state index in [1.54, 1.807) is 44.2 Å². The molecule has 2 heterocycles. The topological polar surface area (TPSA) is 134 Å². The van der Waals surface area contributed by atoms with Crippen molar-refractivity contribution in [2.45, 2.75) is 38.0 Å². The number of sulfone groups is 1. The predicted molar refractivity (Wildman–Crippen MR) is 132 cm³/mol. The second kappa shape index (κ2) is 10.7. The number of aromatic nitrogens is 2. The van der Waals surface area contributed by atoms with E-state index in [0.717, 1.165) is 0 Å². The van der Waals surface area contributed by atoms with Crippen molar-refractivity contribution in [3.05, 3.63) is 36.0 Å². The number of carbonyl (C=O) groups is 1. The first-order valence-electron chi connectivity index (χ1n) is 11.2. The highest BCUT2D eigenvalue weighted by atomic mass is 32.2. The summed E-state index contributed by atoms with van der Waals surface area (Å²) in [5, 5.41) is 14.2. The molecule has 0 radical (unpaired) electrons. The lowest BCUT2D eigenvalue weighted by atomic mass is 10.1. The minimum absolute atomic E-state index is 0.00932. The van der Waals surface area contributed by atoms with Gasteiger partial charge in [-0.2, -0.15) is 0 Å². The Labute approximate surface area is 200 Å². The van der Waals surface area contributed by atoms with Gasteiger partial charge in [0.1, 0.15) is 10.6 Å². The third-order valence-electron chi connectivity index (χ3n) is 5.94. The zero-order chi connectivity index (χ0) is 24.9. The number of aliphatic hydroxyl groups excluding tert-OH is 1. The van der Waals surface area contributed by atoms with Gasteiger partial charge in [0.25, 0.3) is 0 Å². The van der Waals surface area contributed by atoms with Gasteiger partial charge < -0.3 is 25.4 Å². The highest BCUT2D eigenvalue weighted by molar-refractivity contribution is 7.91. The fourth-order valence-electron chi connectivity index (χ4n) is 3.44. The van der Waals surface area contributed by atoms with Crippen molar-refractivity contribution in [1.82, 2.24) is 15.3 Å². The zero-order valence-corrected chi connectivity index (χ0v) is 20.9. The van der Waals surface area contributed by atoms with Crippen LogP contribution in [0.25, 0.3) is 11.4 Å². The van der Waals surface area contributed by atoms with Gasteiger partial charge in [-0.3, -0.25) is 0 Å². The first-order valence-corrected chi connectivity index (χ1v) is 13.1. The van der Waals surface area contributed by atoms with Crippen molar-refractivity contribution < 1.29 is 23.1 Å². The Morgan fingerprint density at radius 3 is 2.59 bits per heavy atom. The van der Waals surface area contributed by atoms with Crippen LogP contribution in [0.5, 0.6) is 0 Å². The minimum atomic E-state index is -3.45. The lowest BCUT2D eigenvalue weighted by Crippen LogP contribution is -2.44. The summed E-state index contributed by atoms with van der Waals surface area (Å²) < 4.78 is 29.4. The highest BCUT2D eigenvalue weighted by Crippen LogP contribution is 2.32. The number of hydrogen-bond acceptors (Lipinski definition) is 8. The number of anilines is 2. The molecule has 2 amide bonds. The molecule has 186 valence electrons. The number of rotatable bonds is 8. The van der Waals surface area contributed by atoms with Gasteiger partial charge in [-0.1, -0.05) is 0 Å². The minimum Gasteiger partial charge on any atom is -0.396 e. The summed E-state index contributed by atoms with van der Waals surface area (Å²) in [6.07, 6.45) is 1.69. The number of urea groups is 1. The van der Waals surface area contributed by atoms with Crippen LogP contribution in [0.4, 0.5) is 16.3 Å². The third kappa shape index (κ3) is 6.02. The van der Waals surface area contributed by atoms with Crippen LogP contribution in [0.1, 0.15) is 32.9 Å². The first-order chi connectivity index (χ1) is 16.0. The maximum Gasteiger partial charge on any atom is 0.319 e. The van der Waals surface area contributed by atoms with Crippen LogP contribution in [0.3, 0.4) is 0 Å². The monoisotopic (exact) mass is 491 g/mol. The molecule has 0 unspecified atom stereocenters. The van der Waals surface area contributed by atoms with E-state index in [4.69, 9.17) is 14.8 Å². The summed E-state index contributed by atoms with van der Waals surface area (Å²) in [5.41, 5.74) is 1.69. The Kier molecular flexibility index (Phi) is 8.11. The van der Waals surface area contributed by atoms with E-state index in [0.29, 0.717) is 61.3 Å². The summed E-state index contributed by atoms with van der Waals surface area (Å²) in [5.74, 6) is 1.06. The van der Waals surface area contributed by atoms with Crippen molar-refractivity contribution in [2.75, 3.05) is 49.4 Å². The normalized spacial score (nSPS) is 16.9. The molecule has 1 atom stereocenters. The van der Waals surface area contributed by atoms with Crippen LogP contribution in [0.2, 0.25) is 0 Å². The van der Waals surface area contributed by atoms with Gasteiger partial charge >= 0.3 is 6.03 Å². The fourth-order valence-corrected chi connectivity index (χ4v) is 3.92. The van der Waals surface area contributed by atoms with Crippen molar-refractivity contribution >= 4 is 27.4 Å². The van der Waals surface area contributed by atoms with Gasteiger partial charge in [0.15, 0.2) is 15.7 Å². The largest absolute Gasteiger partial charge is 0.396 e. The Morgan fingerprint density at radius 2 is 1.97 bits per heavy atom. The van der Waals surface area contributed by atoms with Crippen molar-refractivity contribution in [3.63, 3.8) is 0 Å². The number of nitrogens with one attached hydrogen (secondary N) is 2. The van der Waals surface area contributed by atoms with E-state index < -0.39 is 14.6 Å². The molecule has 1 saturated heterocycles. The predicted octanol–water partition coefficient (Wildman–Crippen LogP) is 2.15. The number of amides is 2. The molecule has 0 saturated carbocycles. The molecule has 2 aromatic rings. The molecule has 1 aliphatic rings. The molecule has 3 N–H and O–H groups in total. The summed E-state index contributed by atoms with van der Waals surface area (Å²) in [4.78, 5) is 23.4. The number of ether oxygens (including phenoxy) is 1. The van der Waals surface area contributed by atoms with E-state index in [9.17, 15) is 13.2 Å². The zero-order valence-electron chi connectivity index (χ0n) is 20.0. The highest BCUT2D eigenvalue weighted by Gasteiger charge is 2.35. The Morgan fingerprint density at radius 1 is 1.26 bits per heavy atom. The molecule has 0 bridgehead atoms. The number of carbonyl (C=O) groups excluding carboxylic acids is 1. The lowest BCUT2D eigenvalue weighted by Gasteiger charge is -2.35. The van der Waals surface area contributed by atoms with E-state index >= 15 is 0 Å². The summed E-state index contributed by atoms with van der Waals surface area (Å²) >= 11 is 0. The quantitative estimate of drug-likeness (QED) is 0.478. The number of hydrogen-bond donors (Lipinski definition) is 3. The van der Waals surface area contributed by atoms with Gasteiger partial charge in [0.05, 0.1) is 24.9 Å². The molecule has 1 aliphatic heterocycles. The number of benzene rings is 1. The number of morpholine rings is 1. The van der Waals surface area contributed by atoms with Gasteiger partial charge in [-0.25, -0.2) is 23.2 Å². The maximum absolute atomic E-state index is 12.5. The third-order valence-corrected chi connectivity index (χ3v) is 8.00. The average Bonchev–Trinajstić information content (AvgIpc) is 2.79. The standard InChI is InChI=1S/C23H33N5O5S/c1-16-15-33-13-11-28(16)20-14-19(23(2,3)34(4,31)32)26-21(27-20)17-6-8-18(9-7-17)25-22(30)24-10-5-12-29/h6-9,14,16,29H,5,10-13,15H2,1-4H3,(H2,24,25,30)/t16-/m0/s1. The number of nitrogens with zero attached hydrogens (tertiary/aromatic N) is 3. The Bertz CT molecular complexity index is 1110. The van der Waals surface area contributed by atoms with Crippen molar-refractivity contribution in [3.8, 4) is 11.4 Å². The molecule has 1 aromatic carbocycles. The molecule has 11 heteroatoms. The summed E-state index contributed by atoms with van der Waals surface area (Å²) in [6.45, 7) is 7.47. The smallest absolute Gasteiger partial charge is 0.319 e. The van der Waals surface area contributed by atoms with Crippen LogP contribution in [0.15, 0.2) is 30.3 Å². The van der Waals surface area contributed by atoms with E-state index in [1.165, 1.54) is 6.26 Å². The van der Waals surface area contributed by atoms with E-state index in [1.807, 2.05) is 6.92 Å². The van der Waals surface area contributed by atoms with Gasteiger partial charge in [0.2, 0.25) is 0 Å². The molecule has 1 aromatic heterocycles. The average molecular weight is 492 g/mol. The Balaban J connectivity index is 1.94. The van der Waals surface area contributed by atoms with Crippen LogP contribution in [-0.4, -0.2) is 74.7 Å². The maximum atomic E-state index is 12.5. The number of aliphatic hydroxyl groups is 1. The molecule has 3 rings (SSSR count). The van der Waals surface area contributed by atoms with E-state index in [2.05, 4.69) is 20.5 Å². The lowest BCUT2D eigenvalue weighted by molar-refractivity contribution is 0.0985. The molecule has 34 heavy (non-hydrogen) atoms.